The largest absolute Gasteiger partial charge is 0.480 e. The van der Waals surface area contributed by atoms with E-state index in [0.717, 1.165) is 4.47 Å². The third-order valence-electron chi connectivity index (χ3n) is 2.33. The average Bonchev–Trinajstić information content (AvgIpc) is 2.16. The minimum atomic E-state index is -3.84. The van der Waals surface area contributed by atoms with Gasteiger partial charge in [0.25, 0.3) is 0 Å². The van der Waals surface area contributed by atoms with E-state index >= 15 is 0 Å². The van der Waals surface area contributed by atoms with Gasteiger partial charge in [0.2, 0.25) is 0 Å². The van der Waals surface area contributed by atoms with Crippen molar-refractivity contribution in [1.82, 2.24) is 0 Å². The molecule has 0 aromatic heterocycles. The van der Waals surface area contributed by atoms with Crippen LogP contribution in [-0.4, -0.2) is 24.7 Å². The van der Waals surface area contributed by atoms with Crippen LogP contribution in [0.3, 0.4) is 0 Å². The SMILES string of the molecule is CC(C)C(C(=O)O)S(=O)(=O)c1ccc(Br)cc1. The Bertz CT molecular complexity index is 505. The standard InChI is InChI=1S/C11H13BrO4S/c1-7(2)10(11(13)14)17(15,16)9-5-3-8(12)4-6-9/h3-7,10H,1-2H3,(H,13,14). The maximum atomic E-state index is 12.1. The van der Waals surface area contributed by atoms with E-state index in [4.69, 9.17) is 5.11 Å². The lowest BCUT2D eigenvalue weighted by Crippen LogP contribution is -2.34. The molecule has 0 bridgehead atoms. The first-order valence-electron chi connectivity index (χ1n) is 4.99. The Balaban J connectivity index is 3.26. The molecule has 0 saturated carbocycles. The lowest BCUT2D eigenvalue weighted by molar-refractivity contribution is -0.137. The van der Waals surface area contributed by atoms with Gasteiger partial charge in [0.15, 0.2) is 15.1 Å². The van der Waals surface area contributed by atoms with Crippen molar-refractivity contribution in [3.05, 3.63) is 28.7 Å². The maximum Gasteiger partial charge on any atom is 0.322 e. The predicted molar refractivity (Wildman–Crippen MR) is 67.6 cm³/mol. The number of rotatable bonds is 4. The first-order chi connectivity index (χ1) is 7.76. The number of aliphatic carboxylic acids is 1. The van der Waals surface area contributed by atoms with Crippen LogP contribution in [0.25, 0.3) is 0 Å². The quantitative estimate of drug-likeness (QED) is 0.924. The molecule has 0 radical (unpaired) electrons. The van der Waals surface area contributed by atoms with E-state index < -0.39 is 27.0 Å². The highest BCUT2D eigenvalue weighted by molar-refractivity contribution is 9.10. The number of sulfone groups is 1. The highest BCUT2D eigenvalue weighted by atomic mass is 79.9. The molecule has 0 saturated heterocycles. The second kappa shape index (κ2) is 5.18. The summed E-state index contributed by atoms with van der Waals surface area (Å²) >= 11 is 3.20. The van der Waals surface area contributed by atoms with Crippen LogP contribution in [-0.2, 0) is 14.6 Å². The van der Waals surface area contributed by atoms with Gasteiger partial charge in [0, 0.05) is 4.47 Å². The predicted octanol–water partition coefficient (Wildman–Crippen LogP) is 2.33. The molecule has 1 N–H and O–H groups in total. The fourth-order valence-electron chi connectivity index (χ4n) is 1.55. The molecule has 0 spiro atoms. The molecular formula is C11H13BrO4S. The van der Waals surface area contributed by atoms with Crippen molar-refractivity contribution in [2.75, 3.05) is 0 Å². The Labute approximate surface area is 109 Å². The smallest absolute Gasteiger partial charge is 0.322 e. The summed E-state index contributed by atoms with van der Waals surface area (Å²) in [4.78, 5) is 11.1. The first-order valence-corrected chi connectivity index (χ1v) is 7.33. The Hall–Kier alpha value is -0.880. The molecule has 1 aromatic carbocycles. The Kier molecular flexibility index (Phi) is 4.32. The summed E-state index contributed by atoms with van der Waals surface area (Å²) in [5, 5.41) is 7.59. The van der Waals surface area contributed by atoms with Crippen LogP contribution < -0.4 is 0 Å². The van der Waals surface area contributed by atoms with E-state index in [1.807, 2.05) is 0 Å². The molecule has 0 aliphatic carbocycles. The molecule has 17 heavy (non-hydrogen) atoms. The maximum absolute atomic E-state index is 12.1. The van der Waals surface area contributed by atoms with Gasteiger partial charge in [-0.3, -0.25) is 4.79 Å². The van der Waals surface area contributed by atoms with Crippen molar-refractivity contribution in [2.45, 2.75) is 24.0 Å². The first kappa shape index (κ1) is 14.2. The van der Waals surface area contributed by atoms with Crippen LogP contribution in [0.5, 0.6) is 0 Å². The summed E-state index contributed by atoms with van der Waals surface area (Å²) in [7, 11) is -3.84. The number of carboxylic acids is 1. The van der Waals surface area contributed by atoms with Crippen LogP contribution in [0.1, 0.15) is 13.8 Å². The number of hydrogen-bond donors (Lipinski definition) is 1. The van der Waals surface area contributed by atoms with Crippen LogP contribution in [0.4, 0.5) is 0 Å². The summed E-state index contributed by atoms with van der Waals surface area (Å²) in [6.45, 7) is 3.16. The molecule has 94 valence electrons. The number of benzene rings is 1. The highest BCUT2D eigenvalue weighted by Gasteiger charge is 2.36. The molecule has 1 atom stereocenters. The second-order valence-corrected chi connectivity index (χ2v) is 6.99. The van der Waals surface area contributed by atoms with Crippen LogP contribution in [0.2, 0.25) is 0 Å². The zero-order chi connectivity index (χ0) is 13.2. The fraction of sp³-hybridized carbons (Fsp3) is 0.364. The minimum Gasteiger partial charge on any atom is -0.480 e. The van der Waals surface area contributed by atoms with E-state index in [1.165, 1.54) is 12.1 Å². The Morgan fingerprint density at radius 2 is 1.71 bits per heavy atom. The Morgan fingerprint density at radius 1 is 1.24 bits per heavy atom. The van der Waals surface area contributed by atoms with Crippen LogP contribution >= 0.6 is 15.9 Å². The van der Waals surface area contributed by atoms with E-state index in [1.54, 1.807) is 26.0 Å². The number of carboxylic acid groups (broad SMARTS) is 1. The summed E-state index contributed by atoms with van der Waals surface area (Å²) in [6.07, 6.45) is 0. The van der Waals surface area contributed by atoms with E-state index in [-0.39, 0.29) is 4.90 Å². The van der Waals surface area contributed by atoms with E-state index in [0.29, 0.717) is 0 Å². The summed E-state index contributed by atoms with van der Waals surface area (Å²) in [5.41, 5.74) is 0. The molecule has 4 nitrogen and oxygen atoms in total. The molecule has 1 aromatic rings. The lowest BCUT2D eigenvalue weighted by atomic mass is 10.1. The zero-order valence-electron chi connectivity index (χ0n) is 9.42. The molecular weight excluding hydrogens is 308 g/mol. The van der Waals surface area contributed by atoms with Crippen LogP contribution in [0.15, 0.2) is 33.6 Å². The van der Waals surface area contributed by atoms with Gasteiger partial charge >= 0.3 is 5.97 Å². The molecule has 0 aliphatic rings. The van der Waals surface area contributed by atoms with Gasteiger partial charge in [-0.05, 0) is 30.2 Å². The van der Waals surface area contributed by atoms with E-state index in [9.17, 15) is 13.2 Å². The van der Waals surface area contributed by atoms with Gasteiger partial charge in [0.1, 0.15) is 0 Å². The second-order valence-electron chi connectivity index (χ2n) is 4.00. The number of halogens is 1. The topological polar surface area (TPSA) is 71.4 Å². The molecule has 1 rings (SSSR count). The molecule has 0 aliphatic heterocycles. The normalized spacial score (nSPS) is 13.6. The summed E-state index contributed by atoms with van der Waals surface area (Å²) < 4.78 is 25.0. The Morgan fingerprint density at radius 3 is 2.06 bits per heavy atom. The van der Waals surface area contributed by atoms with Crippen molar-refractivity contribution >= 4 is 31.7 Å². The zero-order valence-corrected chi connectivity index (χ0v) is 11.8. The molecule has 0 fully saturated rings. The van der Waals surface area contributed by atoms with Crippen molar-refractivity contribution in [2.24, 2.45) is 5.92 Å². The van der Waals surface area contributed by atoms with Gasteiger partial charge in [-0.15, -0.1) is 0 Å². The summed E-state index contributed by atoms with van der Waals surface area (Å²) in [5.74, 6) is -1.80. The van der Waals surface area contributed by atoms with E-state index in [2.05, 4.69) is 15.9 Å². The average molecular weight is 321 g/mol. The van der Waals surface area contributed by atoms with Gasteiger partial charge in [0.05, 0.1) is 4.90 Å². The van der Waals surface area contributed by atoms with Crippen molar-refractivity contribution in [1.29, 1.82) is 0 Å². The van der Waals surface area contributed by atoms with Gasteiger partial charge < -0.3 is 5.11 Å². The third kappa shape index (κ3) is 3.07. The van der Waals surface area contributed by atoms with Crippen molar-refractivity contribution < 1.29 is 18.3 Å². The molecule has 1 unspecified atom stereocenters. The molecule has 0 amide bonds. The van der Waals surface area contributed by atoms with Gasteiger partial charge in [-0.2, -0.15) is 0 Å². The molecule has 6 heteroatoms. The van der Waals surface area contributed by atoms with Crippen LogP contribution in [0, 0.1) is 5.92 Å². The minimum absolute atomic E-state index is 0.0294. The summed E-state index contributed by atoms with van der Waals surface area (Å²) in [6, 6.07) is 5.95. The molecule has 0 heterocycles. The van der Waals surface area contributed by atoms with Crippen molar-refractivity contribution in [3.63, 3.8) is 0 Å². The fourth-order valence-corrected chi connectivity index (χ4v) is 3.60. The van der Waals surface area contributed by atoms with Crippen molar-refractivity contribution in [3.8, 4) is 0 Å². The monoisotopic (exact) mass is 320 g/mol. The third-order valence-corrected chi connectivity index (χ3v) is 5.20. The highest BCUT2D eigenvalue weighted by Crippen LogP contribution is 2.23. The number of carbonyl (C=O) groups is 1. The van der Waals surface area contributed by atoms with Gasteiger partial charge in [-0.25, -0.2) is 8.42 Å². The number of hydrogen-bond acceptors (Lipinski definition) is 3. The lowest BCUT2D eigenvalue weighted by Gasteiger charge is -2.16. The van der Waals surface area contributed by atoms with Gasteiger partial charge in [-0.1, -0.05) is 29.8 Å².